The lowest BCUT2D eigenvalue weighted by Crippen LogP contribution is -2.14. The Kier molecular flexibility index (Phi) is 4.81. The predicted molar refractivity (Wildman–Crippen MR) is 48.5 cm³/mol. The molecule has 0 fully saturated rings. The summed E-state index contributed by atoms with van der Waals surface area (Å²) in [6.45, 7) is 5.50. The molecular formula is C10H15F3. The van der Waals surface area contributed by atoms with Gasteiger partial charge in [-0.05, 0) is 25.3 Å². The van der Waals surface area contributed by atoms with E-state index >= 15 is 0 Å². The van der Waals surface area contributed by atoms with E-state index in [0.29, 0.717) is 12.0 Å². The Labute approximate surface area is 77.1 Å². The topological polar surface area (TPSA) is 0 Å². The summed E-state index contributed by atoms with van der Waals surface area (Å²) in [6.07, 6.45) is -0.0449. The number of allylic oxidation sites excluding steroid dienone is 4. The summed E-state index contributed by atoms with van der Waals surface area (Å²) in [7, 11) is 0. The molecule has 0 saturated heterocycles. The first-order valence-electron chi connectivity index (χ1n) is 4.46. The fourth-order valence-electron chi connectivity index (χ4n) is 1.14. The number of rotatable bonds is 0. The smallest absolute Gasteiger partial charge is 0.166 e. The Morgan fingerprint density at radius 1 is 1.08 bits per heavy atom. The normalized spacial score (nSPS) is 16.8. The Hall–Kier alpha value is -0.730. The van der Waals surface area contributed by atoms with Crippen LogP contribution in [0.5, 0.6) is 0 Å². The Balaban J connectivity index is 0.000000671. The minimum atomic E-state index is -4.17. The molecule has 3 heteroatoms. The SMILES string of the molecule is CC.CC1=CCCC=C1C(F)(F)F. The van der Waals surface area contributed by atoms with Crippen LogP contribution in [0.4, 0.5) is 13.2 Å². The van der Waals surface area contributed by atoms with Crippen LogP contribution in [0, 0.1) is 0 Å². The lowest BCUT2D eigenvalue weighted by Gasteiger charge is -2.15. The van der Waals surface area contributed by atoms with Crippen LogP contribution in [0.3, 0.4) is 0 Å². The van der Waals surface area contributed by atoms with E-state index in [9.17, 15) is 13.2 Å². The van der Waals surface area contributed by atoms with Gasteiger partial charge >= 0.3 is 6.18 Å². The van der Waals surface area contributed by atoms with Crippen molar-refractivity contribution in [2.24, 2.45) is 0 Å². The zero-order valence-electron chi connectivity index (χ0n) is 8.20. The maximum atomic E-state index is 12.1. The molecule has 76 valence electrons. The van der Waals surface area contributed by atoms with Crippen molar-refractivity contribution in [3.05, 3.63) is 23.3 Å². The Morgan fingerprint density at radius 3 is 1.85 bits per heavy atom. The highest BCUT2D eigenvalue weighted by Gasteiger charge is 2.34. The van der Waals surface area contributed by atoms with Crippen molar-refractivity contribution in [1.82, 2.24) is 0 Å². The molecule has 0 aliphatic heterocycles. The molecule has 1 aliphatic carbocycles. The van der Waals surface area contributed by atoms with Crippen LogP contribution in [0.25, 0.3) is 0 Å². The molecule has 0 aromatic carbocycles. The van der Waals surface area contributed by atoms with Crippen LogP contribution in [-0.4, -0.2) is 6.18 Å². The van der Waals surface area contributed by atoms with Crippen LogP contribution in [0.1, 0.15) is 33.6 Å². The molecule has 0 bridgehead atoms. The zero-order chi connectivity index (χ0) is 10.5. The van der Waals surface area contributed by atoms with Crippen LogP contribution in [0.15, 0.2) is 23.3 Å². The molecule has 13 heavy (non-hydrogen) atoms. The van der Waals surface area contributed by atoms with E-state index in [1.807, 2.05) is 13.8 Å². The van der Waals surface area contributed by atoms with E-state index in [4.69, 9.17) is 0 Å². The summed E-state index contributed by atoms with van der Waals surface area (Å²) in [6, 6.07) is 0. The van der Waals surface area contributed by atoms with Gasteiger partial charge in [-0.25, -0.2) is 0 Å². The van der Waals surface area contributed by atoms with Gasteiger partial charge in [-0.1, -0.05) is 26.0 Å². The van der Waals surface area contributed by atoms with Crippen molar-refractivity contribution in [3.63, 3.8) is 0 Å². The standard InChI is InChI=1S/C8H9F3.C2H6/c1-6-4-2-3-5-7(6)8(9,10)11;1-2/h4-5H,2-3H2,1H3;1-2H3. The van der Waals surface area contributed by atoms with E-state index in [2.05, 4.69) is 0 Å². The number of alkyl halides is 3. The van der Waals surface area contributed by atoms with Crippen molar-refractivity contribution in [1.29, 1.82) is 0 Å². The Bertz CT molecular complexity index is 209. The quantitative estimate of drug-likeness (QED) is 0.538. The van der Waals surface area contributed by atoms with Crippen molar-refractivity contribution in [2.45, 2.75) is 39.8 Å². The first kappa shape index (κ1) is 12.3. The van der Waals surface area contributed by atoms with Crippen molar-refractivity contribution < 1.29 is 13.2 Å². The molecule has 0 aromatic rings. The van der Waals surface area contributed by atoms with Crippen molar-refractivity contribution >= 4 is 0 Å². The van der Waals surface area contributed by atoms with E-state index in [0.717, 1.165) is 6.42 Å². The van der Waals surface area contributed by atoms with Gasteiger partial charge in [0.15, 0.2) is 0 Å². The second-order valence-electron chi connectivity index (χ2n) is 2.58. The van der Waals surface area contributed by atoms with E-state index in [-0.39, 0.29) is 0 Å². The van der Waals surface area contributed by atoms with Crippen LogP contribution in [0.2, 0.25) is 0 Å². The maximum Gasteiger partial charge on any atom is 0.416 e. The Morgan fingerprint density at radius 2 is 1.54 bits per heavy atom. The lowest BCUT2D eigenvalue weighted by molar-refractivity contribution is -0.0897. The average Bonchev–Trinajstić information content (AvgIpc) is 2.07. The minimum Gasteiger partial charge on any atom is -0.166 e. The van der Waals surface area contributed by atoms with Crippen LogP contribution < -0.4 is 0 Å². The third-order valence-corrected chi connectivity index (χ3v) is 1.70. The van der Waals surface area contributed by atoms with Gasteiger partial charge in [0.1, 0.15) is 0 Å². The van der Waals surface area contributed by atoms with Gasteiger partial charge < -0.3 is 0 Å². The molecule has 0 unspecified atom stereocenters. The molecule has 0 nitrogen and oxygen atoms in total. The molecule has 0 spiro atoms. The predicted octanol–water partition coefficient (Wildman–Crippen LogP) is 4.24. The van der Waals surface area contributed by atoms with Gasteiger partial charge in [0, 0.05) is 0 Å². The summed E-state index contributed by atoms with van der Waals surface area (Å²) < 4.78 is 36.2. The molecule has 0 radical (unpaired) electrons. The first-order chi connectivity index (χ1) is 6.02. The summed E-state index contributed by atoms with van der Waals surface area (Å²) >= 11 is 0. The van der Waals surface area contributed by atoms with Gasteiger partial charge in [-0.2, -0.15) is 13.2 Å². The number of halogens is 3. The van der Waals surface area contributed by atoms with E-state index < -0.39 is 11.7 Å². The molecule has 0 atom stereocenters. The highest BCUT2D eigenvalue weighted by molar-refractivity contribution is 5.35. The fourth-order valence-corrected chi connectivity index (χ4v) is 1.14. The monoisotopic (exact) mass is 192 g/mol. The summed E-state index contributed by atoms with van der Waals surface area (Å²) in [4.78, 5) is 0. The molecule has 0 amide bonds. The van der Waals surface area contributed by atoms with E-state index in [1.54, 1.807) is 6.08 Å². The largest absolute Gasteiger partial charge is 0.416 e. The lowest BCUT2D eigenvalue weighted by atomic mass is 9.99. The number of hydrogen-bond acceptors (Lipinski definition) is 0. The van der Waals surface area contributed by atoms with E-state index in [1.165, 1.54) is 13.0 Å². The summed E-state index contributed by atoms with van der Waals surface area (Å²) in [5.41, 5.74) is -0.118. The second kappa shape index (κ2) is 5.10. The third-order valence-electron chi connectivity index (χ3n) is 1.70. The van der Waals surface area contributed by atoms with Gasteiger partial charge in [0.05, 0.1) is 5.57 Å². The molecular weight excluding hydrogens is 177 g/mol. The first-order valence-corrected chi connectivity index (χ1v) is 4.46. The van der Waals surface area contributed by atoms with Gasteiger partial charge in [-0.15, -0.1) is 0 Å². The third kappa shape index (κ3) is 3.66. The highest BCUT2D eigenvalue weighted by Crippen LogP contribution is 2.33. The molecule has 0 saturated carbocycles. The molecule has 1 aliphatic rings. The minimum absolute atomic E-state index is 0.351. The zero-order valence-corrected chi connectivity index (χ0v) is 8.20. The van der Waals surface area contributed by atoms with Crippen LogP contribution in [-0.2, 0) is 0 Å². The molecule has 1 rings (SSSR count). The molecule has 0 aromatic heterocycles. The van der Waals surface area contributed by atoms with Gasteiger partial charge in [0.25, 0.3) is 0 Å². The summed E-state index contributed by atoms with van der Waals surface area (Å²) in [5, 5.41) is 0. The van der Waals surface area contributed by atoms with Crippen molar-refractivity contribution in [2.75, 3.05) is 0 Å². The number of hydrogen-bond donors (Lipinski definition) is 0. The maximum absolute atomic E-state index is 12.1. The molecule has 0 N–H and O–H groups in total. The second-order valence-corrected chi connectivity index (χ2v) is 2.58. The highest BCUT2D eigenvalue weighted by atomic mass is 19.4. The fraction of sp³-hybridized carbons (Fsp3) is 0.600. The average molecular weight is 192 g/mol. The van der Waals surface area contributed by atoms with Gasteiger partial charge in [0.2, 0.25) is 0 Å². The van der Waals surface area contributed by atoms with Gasteiger partial charge in [-0.3, -0.25) is 0 Å². The van der Waals surface area contributed by atoms with Crippen LogP contribution >= 0.6 is 0 Å². The van der Waals surface area contributed by atoms with Crippen molar-refractivity contribution in [3.8, 4) is 0 Å². The summed E-state index contributed by atoms with van der Waals surface area (Å²) in [5.74, 6) is 0. The molecule has 0 heterocycles.